The molecule has 0 bridgehead atoms. The summed E-state index contributed by atoms with van der Waals surface area (Å²) in [4.78, 5) is 28.7. The molecule has 3 atom stereocenters. The Morgan fingerprint density at radius 3 is 2.75 bits per heavy atom. The Hall–Kier alpha value is -4.66. The van der Waals surface area contributed by atoms with E-state index < -0.39 is 32.4 Å². The van der Waals surface area contributed by atoms with Gasteiger partial charge in [0.1, 0.15) is 16.8 Å². The van der Waals surface area contributed by atoms with E-state index >= 15 is 4.39 Å². The lowest BCUT2D eigenvalue weighted by atomic mass is 9.91. The molecule has 4 heterocycles. The fraction of sp³-hybridized carbons (Fsp3) is 0.345. The minimum atomic E-state index is -4.19. The van der Waals surface area contributed by atoms with Crippen molar-refractivity contribution in [3.8, 4) is 11.4 Å². The number of methoxy groups -OCH3 is 1. The molecule has 230 valence electrons. The number of ether oxygens (including phenoxy) is 1. The number of halogens is 2. The van der Waals surface area contributed by atoms with Crippen molar-refractivity contribution in [2.75, 3.05) is 17.7 Å². The zero-order valence-corrected chi connectivity index (χ0v) is 24.6. The van der Waals surface area contributed by atoms with Crippen LogP contribution in [0, 0.1) is 5.82 Å². The van der Waals surface area contributed by atoms with Crippen LogP contribution in [0.25, 0.3) is 22.4 Å². The largest absolute Gasteiger partial charge is 0.464 e. The normalized spacial score (nSPS) is 22.0. The summed E-state index contributed by atoms with van der Waals surface area (Å²) >= 11 is 0. The molecule has 0 aliphatic heterocycles. The number of aromatic nitrogens is 5. The van der Waals surface area contributed by atoms with Crippen LogP contribution in [0.2, 0.25) is 0 Å². The third kappa shape index (κ3) is 5.42. The van der Waals surface area contributed by atoms with Crippen LogP contribution in [0.15, 0.2) is 65.5 Å². The van der Waals surface area contributed by atoms with Crippen molar-refractivity contribution in [1.29, 1.82) is 0 Å². The summed E-state index contributed by atoms with van der Waals surface area (Å²) in [7, 11) is -2.93. The highest BCUT2D eigenvalue weighted by molar-refractivity contribution is 7.91. The summed E-state index contributed by atoms with van der Waals surface area (Å²) in [5.74, 6) is -1.86. The van der Waals surface area contributed by atoms with Crippen LogP contribution >= 0.6 is 0 Å². The van der Waals surface area contributed by atoms with Gasteiger partial charge >= 0.3 is 5.97 Å². The van der Waals surface area contributed by atoms with Gasteiger partial charge in [-0.3, -0.25) is 0 Å². The summed E-state index contributed by atoms with van der Waals surface area (Å²) in [6.45, 7) is 1.45. The highest BCUT2D eigenvalue weighted by Gasteiger charge is 2.41. The zero-order chi connectivity index (χ0) is 31.1. The number of hydrogen-bond acceptors (Lipinski definition) is 11. The molecule has 44 heavy (non-hydrogen) atoms. The van der Waals surface area contributed by atoms with Gasteiger partial charge in [-0.05, 0) is 63.3 Å². The topological polar surface area (TPSA) is 154 Å². The van der Waals surface area contributed by atoms with E-state index in [0.29, 0.717) is 17.4 Å². The first-order valence-electron chi connectivity index (χ1n) is 13.9. The van der Waals surface area contributed by atoms with Crippen molar-refractivity contribution in [2.24, 2.45) is 0 Å². The van der Waals surface area contributed by atoms with Gasteiger partial charge in [0, 0.05) is 35.4 Å². The monoisotopic (exact) mass is 625 g/mol. The lowest BCUT2D eigenvalue weighted by Gasteiger charge is -2.30. The molecule has 1 fully saturated rings. The number of esters is 1. The maximum Gasteiger partial charge on any atom is 0.360 e. The number of fused-ring (bicyclic) bond motifs is 1. The fourth-order valence-electron chi connectivity index (χ4n) is 5.56. The predicted octanol–water partition coefficient (Wildman–Crippen LogP) is 4.99. The number of rotatable bonds is 8. The molecular weight excluding hydrogens is 596 g/mol. The van der Waals surface area contributed by atoms with Gasteiger partial charge < -0.3 is 19.8 Å². The Morgan fingerprint density at radius 1 is 1.18 bits per heavy atom. The third-order valence-corrected chi connectivity index (χ3v) is 10.1. The number of carbonyl (C=O) groups is 1. The molecule has 0 radical (unpaired) electrons. The van der Waals surface area contributed by atoms with Crippen molar-refractivity contribution >= 4 is 38.9 Å². The van der Waals surface area contributed by atoms with Gasteiger partial charge in [0.2, 0.25) is 10.0 Å². The molecule has 0 aromatic carbocycles. The number of carbonyl (C=O) groups excluding carboxylic acids is 1. The first kappa shape index (κ1) is 29.4. The number of allylic oxidation sites excluding steroid dienone is 3. The van der Waals surface area contributed by atoms with E-state index in [1.807, 2.05) is 0 Å². The smallest absolute Gasteiger partial charge is 0.360 e. The average Bonchev–Trinajstić information content (AvgIpc) is 3.63. The summed E-state index contributed by atoms with van der Waals surface area (Å²) in [6, 6.07) is 3.27. The molecule has 6 rings (SSSR count). The third-order valence-electron chi connectivity index (χ3n) is 7.85. The second kappa shape index (κ2) is 11.4. The molecule has 2 aliphatic rings. The molecule has 4 aromatic rings. The zero-order valence-electron chi connectivity index (χ0n) is 23.8. The van der Waals surface area contributed by atoms with Crippen LogP contribution < -0.4 is 10.6 Å². The number of hydrogen-bond donors (Lipinski definition) is 2. The quantitative estimate of drug-likeness (QED) is 0.255. The van der Waals surface area contributed by atoms with Crippen LogP contribution in [0.3, 0.4) is 0 Å². The molecule has 4 aromatic heterocycles. The summed E-state index contributed by atoms with van der Waals surface area (Å²) < 4.78 is 66.3. The SMILES string of the molecule is COC(=O)c1coc(N[C@@H]2CCC[C@H](Nc3nc(-c4cn(S(=O)(=O)C5(C)C=C(F)C=CC5)c5ncccc45)ncc3F)C2)n1. The predicted molar refractivity (Wildman–Crippen MR) is 158 cm³/mol. The van der Waals surface area contributed by atoms with E-state index in [-0.39, 0.29) is 47.5 Å². The molecular formula is C29H29F2N7O5S. The van der Waals surface area contributed by atoms with Crippen molar-refractivity contribution in [1.82, 2.24) is 23.9 Å². The summed E-state index contributed by atoms with van der Waals surface area (Å²) in [6.07, 6.45) is 11.9. The van der Waals surface area contributed by atoms with E-state index in [2.05, 4.69) is 35.3 Å². The number of anilines is 2. The van der Waals surface area contributed by atoms with Crippen molar-refractivity contribution in [3.05, 3.63) is 72.6 Å². The number of nitrogens with one attached hydrogen (secondary N) is 2. The minimum Gasteiger partial charge on any atom is -0.464 e. The first-order chi connectivity index (χ1) is 21.1. The van der Waals surface area contributed by atoms with Crippen LogP contribution in [-0.4, -0.2) is 62.2 Å². The van der Waals surface area contributed by atoms with Crippen LogP contribution in [0.5, 0.6) is 0 Å². The molecule has 0 spiro atoms. The fourth-order valence-corrected chi connectivity index (χ4v) is 7.19. The van der Waals surface area contributed by atoms with Crippen LogP contribution in [0.1, 0.15) is 49.5 Å². The standard InChI is InChI=1S/C29H29F2N7O5S/c1-29(10-4-6-17(30)13-29)44(40,41)38-15-21(20-9-5-11-32-26(20)38)24-33-14-22(31)25(37-24)34-18-7-3-8-19(12-18)35-28-36-23(16-43-28)27(39)42-2/h4-6,9,11,13-16,18-19H,3,7-8,10,12H2,1-2H3,(H,35,36)(H,33,34,37)/t18-,19+,29?/m0/s1. The average molecular weight is 626 g/mol. The minimum absolute atomic E-state index is 0.0354. The van der Waals surface area contributed by atoms with E-state index in [9.17, 15) is 17.6 Å². The van der Waals surface area contributed by atoms with Gasteiger partial charge in [0.05, 0.1) is 13.3 Å². The van der Waals surface area contributed by atoms with Gasteiger partial charge in [0.15, 0.2) is 28.8 Å². The van der Waals surface area contributed by atoms with Gasteiger partial charge in [-0.1, -0.05) is 6.08 Å². The molecule has 15 heteroatoms. The van der Waals surface area contributed by atoms with Crippen molar-refractivity contribution < 1.29 is 31.1 Å². The second-order valence-corrected chi connectivity index (χ2v) is 13.2. The summed E-state index contributed by atoms with van der Waals surface area (Å²) in [5, 5.41) is 6.77. The highest BCUT2D eigenvalue weighted by Crippen LogP contribution is 2.36. The van der Waals surface area contributed by atoms with Gasteiger partial charge in [-0.15, -0.1) is 0 Å². The van der Waals surface area contributed by atoms with Crippen LogP contribution in [0.4, 0.5) is 20.6 Å². The van der Waals surface area contributed by atoms with Gasteiger partial charge in [-0.25, -0.2) is 40.9 Å². The summed E-state index contributed by atoms with van der Waals surface area (Å²) in [5.41, 5.74) is 0.499. The van der Waals surface area contributed by atoms with Gasteiger partial charge in [-0.2, -0.15) is 4.98 Å². The van der Waals surface area contributed by atoms with E-state index in [0.717, 1.165) is 35.5 Å². The Balaban J connectivity index is 1.26. The molecule has 1 unspecified atom stereocenters. The van der Waals surface area contributed by atoms with Crippen LogP contribution in [-0.2, 0) is 14.8 Å². The van der Waals surface area contributed by atoms with E-state index in [1.54, 1.807) is 12.1 Å². The maximum absolute atomic E-state index is 15.0. The Morgan fingerprint density at radius 2 is 1.98 bits per heavy atom. The molecule has 1 saturated carbocycles. The molecule has 12 nitrogen and oxygen atoms in total. The number of pyridine rings is 1. The van der Waals surface area contributed by atoms with Crippen molar-refractivity contribution in [2.45, 2.75) is 55.9 Å². The molecule has 0 saturated heterocycles. The number of oxazole rings is 1. The Kier molecular flexibility index (Phi) is 7.65. The lowest BCUT2D eigenvalue weighted by molar-refractivity contribution is 0.0594. The van der Waals surface area contributed by atoms with Gasteiger partial charge in [0.25, 0.3) is 6.01 Å². The molecule has 0 amide bonds. The second-order valence-electron chi connectivity index (χ2n) is 10.9. The Bertz CT molecular complexity index is 1900. The van der Waals surface area contributed by atoms with E-state index in [1.165, 1.54) is 44.8 Å². The number of nitrogens with zero attached hydrogens (tertiary/aromatic N) is 5. The Labute approximate surface area is 251 Å². The van der Waals surface area contributed by atoms with E-state index in [4.69, 9.17) is 4.42 Å². The highest BCUT2D eigenvalue weighted by atomic mass is 32.2. The lowest BCUT2D eigenvalue weighted by Crippen LogP contribution is -2.38. The molecule has 2 aliphatic carbocycles. The first-order valence-corrected chi connectivity index (χ1v) is 15.4. The maximum atomic E-state index is 15.0. The molecule has 2 N–H and O–H groups in total. The van der Waals surface area contributed by atoms with Crippen molar-refractivity contribution in [3.63, 3.8) is 0 Å².